The van der Waals surface area contributed by atoms with E-state index in [0.717, 1.165) is 0 Å². The van der Waals surface area contributed by atoms with Gasteiger partial charge in [-0.25, -0.2) is 0 Å². The highest BCUT2D eigenvalue weighted by Gasteiger charge is 2.34. The topological polar surface area (TPSA) is 75.6 Å². The van der Waals surface area contributed by atoms with E-state index in [-0.39, 0.29) is 12.3 Å². The quantitative estimate of drug-likeness (QED) is 0.804. The molecule has 1 atom stereocenters. The normalized spacial score (nSPS) is 17.8. The molecule has 0 saturated carbocycles. The van der Waals surface area contributed by atoms with Crippen LogP contribution in [-0.4, -0.2) is 24.1 Å². The zero-order valence-electron chi connectivity index (χ0n) is 8.69. The number of carbonyl (C=O) groups is 2. The van der Waals surface area contributed by atoms with Gasteiger partial charge in [-0.3, -0.25) is 9.59 Å². The second-order valence-corrected chi connectivity index (χ2v) is 3.56. The van der Waals surface area contributed by atoms with Crippen molar-refractivity contribution in [3.8, 4) is 5.75 Å². The van der Waals surface area contributed by atoms with Crippen molar-refractivity contribution >= 4 is 17.6 Å². The Morgan fingerprint density at radius 1 is 1.56 bits per heavy atom. The highest BCUT2D eigenvalue weighted by Crippen LogP contribution is 2.40. The first-order chi connectivity index (χ1) is 7.63. The van der Waals surface area contributed by atoms with Crippen molar-refractivity contribution in [2.24, 2.45) is 0 Å². The number of amides is 1. The molecule has 5 heteroatoms. The summed E-state index contributed by atoms with van der Waals surface area (Å²) in [6.45, 7) is 0. The van der Waals surface area contributed by atoms with Gasteiger partial charge in [0.25, 0.3) is 0 Å². The van der Waals surface area contributed by atoms with E-state index in [1.165, 1.54) is 7.11 Å². The van der Waals surface area contributed by atoms with Gasteiger partial charge in [0.15, 0.2) is 0 Å². The first-order valence-electron chi connectivity index (χ1n) is 4.83. The Bertz CT molecular complexity index is 455. The molecule has 2 rings (SSSR count). The molecule has 5 nitrogen and oxygen atoms in total. The van der Waals surface area contributed by atoms with Crippen LogP contribution in [0.5, 0.6) is 5.75 Å². The SMILES string of the molecule is COc1cccc2c1C(CC(=O)O)C(=O)N2. The Labute approximate surface area is 92.0 Å². The summed E-state index contributed by atoms with van der Waals surface area (Å²) < 4.78 is 5.13. The predicted octanol–water partition coefficient (Wildman–Crippen LogP) is 1.21. The van der Waals surface area contributed by atoms with Gasteiger partial charge in [-0.05, 0) is 12.1 Å². The third kappa shape index (κ3) is 1.60. The van der Waals surface area contributed by atoms with Crippen LogP contribution in [0, 0.1) is 0 Å². The molecule has 1 heterocycles. The van der Waals surface area contributed by atoms with Gasteiger partial charge >= 0.3 is 5.97 Å². The zero-order chi connectivity index (χ0) is 11.7. The summed E-state index contributed by atoms with van der Waals surface area (Å²) in [5.41, 5.74) is 1.27. The Hall–Kier alpha value is -2.04. The predicted molar refractivity (Wildman–Crippen MR) is 56.6 cm³/mol. The van der Waals surface area contributed by atoms with Crippen molar-refractivity contribution in [2.75, 3.05) is 12.4 Å². The van der Waals surface area contributed by atoms with Gasteiger partial charge in [0.1, 0.15) is 5.75 Å². The van der Waals surface area contributed by atoms with Gasteiger partial charge in [0, 0.05) is 11.3 Å². The number of rotatable bonds is 3. The summed E-state index contributed by atoms with van der Waals surface area (Å²) in [6.07, 6.45) is -0.223. The number of ether oxygens (including phenoxy) is 1. The monoisotopic (exact) mass is 221 g/mol. The van der Waals surface area contributed by atoms with E-state index in [1.807, 2.05) is 0 Å². The fourth-order valence-electron chi connectivity index (χ4n) is 1.91. The number of carbonyl (C=O) groups excluding carboxylic acids is 1. The van der Waals surface area contributed by atoms with E-state index >= 15 is 0 Å². The molecule has 1 aromatic carbocycles. The van der Waals surface area contributed by atoms with Crippen LogP contribution in [0.3, 0.4) is 0 Å². The van der Waals surface area contributed by atoms with Gasteiger partial charge in [0.2, 0.25) is 5.91 Å². The van der Waals surface area contributed by atoms with Crippen molar-refractivity contribution < 1.29 is 19.4 Å². The average molecular weight is 221 g/mol. The van der Waals surface area contributed by atoms with Crippen molar-refractivity contribution in [1.82, 2.24) is 0 Å². The number of nitrogens with one attached hydrogen (secondary N) is 1. The van der Waals surface area contributed by atoms with E-state index in [2.05, 4.69) is 5.32 Å². The molecule has 1 amide bonds. The van der Waals surface area contributed by atoms with Crippen molar-refractivity contribution in [3.05, 3.63) is 23.8 Å². The van der Waals surface area contributed by atoms with Crippen LogP contribution in [0.25, 0.3) is 0 Å². The van der Waals surface area contributed by atoms with Crippen LogP contribution in [0.1, 0.15) is 17.9 Å². The number of carboxylic acids is 1. The largest absolute Gasteiger partial charge is 0.496 e. The smallest absolute Gasteiger partial charge is 0.304 e. The molecule has 0 fully saturated rings. The standard InChI is InChI=1S/C11H11NO4/c1-16-8-4-2-3-7-10(8)6(5-9(13)14)11(15)12-7/h2-4,6H,5H2,1H3,(H,12,15)(H,13,14). The van der Waals surface area contributed by atoms with E-state index in [1.54, 1.807) is 18.2 Å². The molecule has 0 aliphatic carbocycles. The summed E-state index contributed by atoms with van der Waals surface area (Å²) in [5.74, 6) is -1.41. The molecule has 0 aromatic heterocycles. The number of anilines is 1. The number of methoxy groups -OCH3 is 1. The fraction of sp³-hybridized carbons (Fsp3) is 0.273. The van der Waals surface area contributed by atoms with Crippen molar-refractivity contribution in [1.29, 1.82) is 0 Å². The van der Waals surface area contributed by atoms with Crippen molar-refractivity contribution in [3.63, 3.8) is 0 Å². The Morgan fingerprint density at radius 2 is 2.31 bits per heavy atom. The second kappa shape index (κ2) is 3.84. The van der Waals surface area contributed by atoms with E-state index in [9.17, 15) is 9.59 Å². The molecule has 0 bridgehead atoms. The van der Waals surface area contributed by atoms with Gasteiger partial charge < -0.3 is 15.2 Å². The zero-order valence-corrected chi connectivity index (χ0v) is 8.69. The third-order valence-electron chi connectivity index (χ3n) is 2.59. The maximum atomic E-state index is 11.6. The molecule has 0 radical (unpaired) electrons. The van der Waals surface area contributed by atoms with Crippen LogP contribution in [-0.2, 0) is 9.59 Å². The summed E-state index contributed by atoms with van der Waals surface area (Å²) in [5, 5.41) is 11.4. The van der Waals surface area contributed by atoms with Crippen LogP contribution in [0.4, 0.5) is 5.69 Å². The minimum Gasteiger partial charge on any atom is -0.496 e. The number of hydrogen-bond acceptors (Lipinski definition) is 3. The van der Waals surface area contributed by atoms with Crippen LogP contribution in [0.2, 0.25) is 0 Å². The Balaban J connectivity index is 2.45. The molecule has 1 unspecified atom stereocenters. The van der Waals surface area contributed by atoms with Crippen molar-refractivity contribution in [2.45, 2.75) is 12.3 Å². The van der Waals surface area contributed by atoms with Crippen LogP contribution in [0.15, 0.2) is 18.2 Å². The molecule has 0 saturated heterocycles. The molecule has 84 valence electrons. The number of fused-ring (bicyclic) bond motifs is 1. The molecule has 16 heavy (non-hydrogen) atoms. The number of carboxylic acid groups (broad SMARTS) is 1. The maximum Gasteiger partial charge on any atom is 0.304 e. The molecule has 1 aromatic rings. The summed E-state index contributed by atoms with van der Waals surface area (Å²) in [7, 11) is 1.50. The maximum absolute atomic E-state index is 11.6. The lowest BCUT2D eigenvalue weighted by Crippen LogP contribution is -2.15. The molecule has 1 aliphatic heterocycles. The first kappa shape index (κ1) is 10.5. The minimum atomic E-state index is -1.00. The first-order valence-corrected chi connectivity index (χ1v) is 4.83. The Morgan fingerprint density at radius 3 is 2.94 bits per heavy atom. The molecule has 1 aliphatic rings. The second-order valence-electron chi connectivity index (χ2n) is 3.56. The highest BCUT2D eigenvalue weighted by molar-refractivity contribution is 6.05. The van der Waals surface area contributed by atoms with E-state index in [4.69, 9.17) is 9.84 Å². The minimum absolute atomic E-state index is 0.223. The van der Waals surface area contributed by atoms with E-state index in [0.29, 0.717) is 17.0 Å². The average Bonchev–Trinajstić information content (AvgIpc) is 2.54. The lowest BCUT2D eigenvalue weighted by Gasteiger charge is -2.10. The summed E-state index contributed by atoms with van der Waals surface area (Å²) in [4.78, 5) is 22.3. The summed E-state index contributed by atoms with van der Waals surface area (Å²) >= 11 is 0. The van der Waals surface area contributed by atoms with Gasteiger partial charge in [-0.1, -0.05) is 6.07 Å². The summed E-state index contributed by atoms with van der Waals surface area (Å²) in [6, 6.07) is 5.20. The molecular formula is C11H11NO4. The Kier molecular flexibility index (Phi) is 2.52. The number of aliphatic carboxylic acids is 1. The molecule has 2 N–H and O–H groups in total. The lowest BCUT2D eigenvalue weighted by atomic mass is 9.96. The van der Waals surface area contributed by atoms with Crippen LogP contribution >= 0.6 is 0 Å². The van der Waals surface area contributed by atoms with Gasteiger partial charge in [-0.15, -0.1) is 0 Å². The van der Waals surface area contributed by atoms with Gasteiger partial charge in [-0.2, -0.15) is 0 Å². The fourth-order valence-corrected chi connectivity index (χ4v) is 1.91. The molecule has 0 spiro atoms. The van der Waals surface area contributed by atoms with Crippen LogP contribution < -0.4 is 10.1 Å². The highest BCUT2D eigenvalue weighted by atomic mass is 16.5. The third-order valence-corrected chi connectivity index (χ3v) is 2.59. The van der Waals surface area contributed by atoms with Gasteiger partial charge in [0.05, 0.1) is 19.4 Å². The van der Waals surface area contributed by atoms with E-state index < -0.39 is 11.9 Å². The lowest BCUT2D eigenvalue weighted by molar-refractivity contribution is -0.138. The number of benzene rings is 1. The number of hydrogen-bond donors (Lipinski definition) is 2. The molecular weight excluding hydrogens is 210 g/mol.